The highest BCUT2D eigenvalue weighted by molar-refractivity contribution is 5.78. The normalized spacial score (nSPS) is 12.2. The van der Waals surface area contributed by atoms with Crippen LogP contribution in [0, 0.1) is 29.9 Å². The van der Waals surface area contributed by atoms with Gasteiger partial charge in [0.15, 0.2) is 0 Å². The van der Waals surface area contributed by atoms with Crippen LogP contribution in [-0.4, -0.2) is 30.4 Å². The van der Waals surface area contributed by atoms with Gasteiger partial charge >= 0.3 is 5.69 Å². The lowest BCUT2D eigenvalue weighted by Gasteiger charge is -2.13. The summed E-state index contributed by atoms with van der Waals surface area (Å²) in [7, 11) is 1.81. The lowest BCUT2D eigenvalue weighted by atomic mass is 10.1. The molecule has 23 heavy (non-hydrogen) atoms. The number of carbonyl (C=O) groups excluding carboxylic acids is 1. The summed E-state index contributed by atoms with van der Waals surface area (Å²) < 4.78 is 3.21. The summed E-state index contributed by atoms with van der Waals surface area (Å²) in [5.74, 6) is -0.498. The molecule has 0 aliphatic rings. The zero-order chi connectivity index (χ0) is 17.1. The van der Waals surface area contributed by atoms with Gasteiger partial charge in [-0.3, -0.25) is 24.3 Å². The van der Waals surface area contributed by atoms with Gasteiger partial charge < -0.3 is 5.32 Å². The van der Waals surface area contributed by atoms with E-state index in [1.807, 2.05) is 6.07 Å². The molecule has 0 saturated carbocycles. The third-order valence-electron chi connectivity index (χ3n) is 3.79. The summed E-state index contributed by atoms with van der Waals surface area (Å²) in [6.45, 7) is 5.67. The molecule has 2 aromatic heterocycles. The summed E-state index contributed by atoms with van der Waals surface area (Å²) in [6, 6.07) is 1.83. The Morgan fingerprint density at radius 2 is 2.17 bits per heavy atom. The molecular weight excluding hydrogens is 300 g/mol. The molecule has 0 bridgehead atoms. The second-order valence-corrected chi connectivity index (χ2v) is 5.52. The maximum Gasteiger partial charge on any atom is 0.312 e. The van der Waals surface area contributed by atoms with E-state index < -0.39 is 4.92 Å². The first kappa shape index (κ1) is 16.7. The van der Waals surface area contributed by atoms with E-state index in [1.54, 1.807) is 38.7 Å². The first-order valence-electron chi connectivity index (χ1n) is 7.24. The van der Waals surface area contributed by atoms with E-state index in [2.05, 4.69) is 15.5 Å². The van der Waals surface area contributed by atoms with Crippen molar-refractivity contribution in [1.29, 1.82) is 0 Å². The lowest BCUT2D eigenvalue weighted by Crippen LogP contribution is -2.32. The van der Waals surface area contributed by atoms with Crippen LogP contribution >= 0.6 is 0 Å². The predicted molar refractivity (Wildman–Crippen MR) is 82.6 cm³/mol. The van der Waals surface area contributed by atoms with Crippen LogP contribution in [0.4, 0.5) is 5.69 Å². The van der Waals surface area contributed by atoms with Gasteiger partial charge in [-0.1, -0.05) is 6.92 Å². The number of nitro groups is 1. The number of rotatable bonds is 6. The van der Waals surface area contributed by atoms with Crippen molar-refractivity contribution in [2.45, 2.75) is 33.9 Å². The Kier molecular flexibility index (Phi) is 4.77. The largest absolute Gasteiger partial charge is 0.350 e. The first-order chi connectivity index (χ1) is 10.8. The molecule has 2 rings (SSSR count). The van der Waals surface area contributed by atoms with E-state index in [1.165, 1.54) is 4.68 Å². The van der Waals surface area contributed by atoms with E-state index in [-0.39, 0.29) is 24.1 Å². The molecule has 0 radical (unpaired) electrons. The molecule has 9 heteroatoms. The molecule has 0 fully saturated rings. The Morgan fingerprint density at radius 3 is 2.70 bits per heavy atom. The maximum absolute atomic E-state index is 12.2. The van der Waals surface area contributed by atoms with Crippen molar-refractivity contribution in [2.75, 3.05) is 0 Å². The fourth-order valence-electron chi connectivity index (χ4n) is 2.40. The molecule has 0 saturated heterocycles. The minimum Gasteiger partial charge on any atom is -0.350 e. The van der Waals surface area contributed by atoms with Gasteiger partial charge in [0.25, 0.3) is 0 Å². The van der Waals surface area contributed by atoms with Crippen LogP contribution in [0.5, 0.6) is 0 Å². The minimum atomic E-state index is -0.443. The SMILES string of the molecule is Cc1nn(CC(C)C(=O)NCc2ccnn2C)c(C)c1[N+](=O)[O-]. The highest BCUT2D eigenvalue weighted by Crippen LogP contribution is 2.22. The zero-order valence-electron chi connectivity index (χ0n) is 13.6. The monoisotopic (exact) mass is 320 g/mol. The van der Waals surface area contributed by atoms with Gasteiger partial charge in [0.1, 0.15) is 11.4 Å². The Labute approximate surface area is 133 Å². The van der Waals surface area contributed by atoms with Crippen molar-refractivity contribution >= 4 is 11.6 Å². The molecule has 2 heterocycles. The summed E-state index contributed by atoms with van der Waals surface area (Å²) in [4.78, 5) is 22.7. The molecule has 1 atom stereocenters. The molecule has 1 amide bonds. The van der Waals surface area contributed by atoms with Crippen molar-refractivity contribution in [3.8, 4) is 0 Å². The number of nitrogens with zero attached hydrogens (tertiary/aromatic N) is 5. The van der Waals surface area contributed by atoms with Crippen LogP contribution < -0.4 is 5.32 Å². The third kappa shape index (κ3) is 3.55. The van der Waals surface area contributed by atoms with Gasteiger partial charge in [-0.2, -0.15) is 10.2 Å². The molecule has 0 spiro atoms. The molecule has 124 valence electrons. The predicted octanol–water partition coefficient (Wildman–Crippen LogP) is 1.09. The standard InChI is InChI=1S/C14H20N6O3/c1-9(14(21)15-7-12-5-6-16-18(12)4)8-19-11(3)13(20(22)23)10(2)17-19/h5-6,9H,7-8H2,1-4H3,(H,15,21). The van der Waals surface area contributed by atoms with Crippen molar-refractivity contribution in [3.63, 3.8) is 0 Å². The molecule has 9 nitrogen and oxygen atoms in total. The van der Waals surface area contributed by atoms with E-state index in [4.69, 9.17) is 0 Å². The molecule has 0 aliphatic heterocycles. The van der Waals surface area contributed by atoms with Crippen molar-refractivity contribution in [2.24, 2.45) is 13.0 Å². The molecule has 1 N–H and O–H groups in total. The van der Waals surface area contributed by atoms with Crippen LogP contribution in [0.15, 0.2) is 12.3 Å². The van der Waals surface area contributed by atoms with Crippen LogP contribution in [0.2, 0.25) is 0 Å². The van der Waals surface area contributed by atoms with Crippen LogP contribution in [0.1, 0.15) is 24.0 Å². The fraction of sp³-hybridized carbons (Fsp3) is 0.500. The Hall–Kier alpha value is -2.71. The number of aromatic nitrogens is 4. The fourth-order valence-corrected chi connectivity index (χ4v) is 2.40. The Balaban J connectivity index is 2.00. The van der Waals surface area contributed by atoms with Gasteiger partial charge in [-0.25, -0.2) is 0 Å². The van der Waals surface area contributed by atoms with Crippen LogP contribution in [0.25, 0.3) is 0 Å². The molecule has 0 aromatic carbocycles. The summed E-state index contributed by atoms with van der Waals surface area (Å²) >= 11 is 0. The lowest BCUT2D eigenvalue weighted by molar-refractivity contribution is -0.386. The number of nitrogens with one attached hydrogen (secondary N) is 1. The summed E-state index contributed by atoms with van der Waals surface area (Å²) in [5.41, 5.74) is 1.72. The first-order valence-corrected chi connectivity index (χ1v) is 7.24. The van der Waals surface area contributed by atoms with Crippen molar-refractivity contribution in [3.05, 3.63) is 39.5 Å². The van der Waals surface area contributed by atoms with E-state index in [0.717, 1.165) is 5.69 Å². The zero-order valence-corrected chi connectivity index (χ0v) is 13.6. The summed E-state index contributed by atoms with van der Waals surface area (Å²) in [5, 5.41) is 22.0. The number of aryl methyl sites for hydroxylation is 2. The molecular formula is C14H20N6O3. The number of amides is 1. The maximum atomic E-state index is 12.2. The second kappa shape index (κ2) is 6.59. The van der Waals surface area contributed by atoms with Gasteiger partial charge in [-0.05, 0) is 19.9 Å². The highest BCUT2D eigenvalue weighted by Gasteiger charge is 2.24. The van der Waals surface area contributed by atoms with E-state index in [9.17, 15) is 14.9 Å². The van der Waals surface area contributed by atoms with E-state index in [0.29, 0.717) is 17.9 Å². The van der Waals surface area contributed by atoms with E-state index >= 15 is 0 Å². The molecule has 2 aromatic rings. The van der Waals surface area contributed by atoms with Gasteiger partial charge in [0.2, 0.25) is 5.91 Å². The Bertz CT molecular complexity index is 733. The van der Waals surface area contributed by atoms with Crippen molar-refractivity contribution in [1.82, 2.24) is 24.9 Å². The summed E-state index contributed by atoms with van der Waals surface area (Å²) in [6.07, 6.45) is 1.67. The Morgan fingerprint density at radius 1 is 1.48 bits per heavy atom. The molecule has 0 aliphatic carbocycles. The van der Waals surface area contributed by atoms with Gasteiger partial charge in [0.05, 0.1) is 29.6 Å². The smallest absolute Gasteiger partial charge is 0.312 e. The topological polar surface area (TPSA) is 108 Å². The quantitative estimate of drug-likeness (QED) is 0.633. The number of hydrogen-bond acceptors (Lipinski definition) is 5. The second-order valence-electron chi connectivity index (χ2n) is 5.52. The highest BCUT2D eigenvalue weighted by atomic mass is 16.6. The average Bonchev–Trinajstić information content (AvgIpc) is 3.00. The van der Waals surface area contributed by atoms with Crippen LogP contribution in [-0.2, 0) is 24.9 Å². The van der Waals surface area contributed by atoms with Gasteiger partial charge in [0, 0.05) is 13.2 Å². The molecule has 1 unspecified atom stereocenters. The number of hydrogen-bond donors (Lipinski definition) is 1. The third-order valence-corrected chi connectivity index (χ3v) is 3.79. The number of carbonyl (C=O) groups is 1. The van der Waals surface area contributed by atoms with Crippen molar-refractivity contribution < 1.29 is 9.72 Å². The average molecular weight is 320 g/mol. The van der Waals surface area contributed by atoms with Crippen LogP contribution in [0.3, 0.4) is 0 Å². The minimum absolute atomic E-state index is 0.00694. The van der Waals surface area contributed by atoms with Gasteiger partial charge in [-0.15, -0.1) is 0 Å².